The molecule has 4 aromatic rings. The molecule has 4 aliphatic carbocycles. The average Bonchev–Trinajstić information content (AvgIpc) is 3.76. The van der Waals surface area contributed by atoms with Crippen molar-refractivity contribution < 1.29 is 0 Å². The van der Waals surface area contributed by atoms with E-state index in [9.17, 15) is 0 Å². The van der Waals surface area contributed by atoms with Crippen LogP contribution in [0.25, 0.3) is 34.4 Å². The lowest BCUT2D eigenvalue weighted by Crippen LogP contribution is -2.08. The topological polar surface area (TPSA) is 0 Å². The molecule has 4 aliphatic rings. The summed E-state index contributed by atoms with van der Waals surface area (Å²) in [5.41, 5.74) is 27.4. The summed E-state index contributed by atoms with van der Waals surface area (Å²) in [5, 5.41) is 0. The van der Waals surface area contributed by atoms with Crippen molar-refractivity contribution in [2.24, 2.45) is 0 Å². The fourth-order valence-electron chi connectivity index (χ4n) is 9.41. The van der Waals surface area contributed by atoms with Gasteiger partial charge in [-0.05, 0) is 147 Å². The van der Waals surface area contributed by atoms with Gasteiger partial charge in [0.25, 0.3) is 0 Å². The van der Waals surface area contributed by atoms with Crippen LogP contribution >= 0.6 is 0 Å². The van der Waals surface area contributed by atoms with E-state index < -0.39 is 0 Å². The van der Waals surface area contributed by atoms with Crippen LogP contribution in [-0.4, -0.2) is 9.52 Å². The van der Waals surface area contributed by atoms with Gasteiger partial charge in [-0.1, -0.05) is 106 Å². The highest BCUT2D eigenvalue weighted by molar-refractivity contribution is 6.36. The summed E-state index contributed by atoms with van der Waals surface area (Å²) >= 11 is 0. The standard InChI is InChI=1S/C44H46Si/c1-25-13-26(2)16-33(15-25)43-35-11-7-9-31(35)21-37-39(43)19-29(5)41(37)23-45-24-42-30(6)20-40-38(42)22-32-10-8-12-36(32)44(40)34-17-27(3)14-28(4)18-34/h13-22,41-42H,7-12,23-24H2,1-6H3. The lowest BCUT2D eigenvalue weighted by atomic mass is 9.86. The molecule has 0 saturated heterocycles. The van der Waals surface area contributed by atoms with Crippen LogP contribution in [0.1, 0.15) is 105 Å². The molecule has 0 saturated carbocycles. The molecule has 0 N–H and O–H groups in total. The molecule has 2 radical (unpaired) electrons. The summed E-state index contributed by atoms with van der Waals surface area (Å²) in [4.78, 5) is 0. The van der Waals surface area contributed by atoms with Gasteiger partial charge in [0, 0.05) is 21.4 Å². The zero-order chi connectivity index (χ0) is 31.0. The van der Waals surface area contributed by atoms with Gasteiger partial charge in [-0.2, -0.15) is 0 Å². The Bertz CT molecular complexity index is 1770. The average molecular weight is 603 g/mol. The summed E-state index contributed by atoms with van der Waals surface area (Å²) in [6.45, 7) is 13.8. The molecular formula is C44H46Si. The van der Waals surface area contributed by atoms with Gasteiger partial charge in [-0.15, -0.1) is 0 Å². The number of aryl methyl sites for hydroxylation is 6. The van der Waals surface area contributed by atoms with Crippen molar-refractivity contribution >= 4 is 21.7 Å². The molecule has 45 heavy (non-hydrogen) atoms. The van der Waals surface area contributed by atoms with E-state index in [0.29, 0.717) is 11.8 Å². The van der Waals surface area contributed by atoms with Gasteiger partial charge in [-0.25, -0.2) is 0 Å². The van der Waals surface area contributed by atoms with Crippen molar-refractivity contribution in [2.45, 2.75) is 104 Å². The van der Waals surface area contributed by atoms with Crippen molar-refractivity contribution in [2.75, 3.05) is 0 Å². The first-order valence-corrected chi connectivity index (χ1v) is 18.8. The first-order chi connectivity index (χ1) is 21.7. The van der Waals surface area contributed by atoms with Crippen molar-refractivity contribution in [3.8, 4) is 22.3 Å². The Morgan fingerprint density at radius 1 is 0.511 bits per heavy atom. The molecule has 2 unspecified atom stereocenters. The monoisotopic (exact) mass is 602 g/mol. The van der Waals surface area contributed by atoms with Crippen molar-refractivity contribution in [1.82, 2.24) is 0 Å². The number of fused-ring (bicyclic) bond motifs is 4. The van der Waals surface area contributed by atoms with Crippen LogP contribution in [0.2, 0.25) is 12.1 Å². The SMILES string of the molecule is CC1=Cc2c(cc3c(c2-c2cc(C)cc(C)c2)CCC3)C1C[Si]CC1C(C)=Cc2c1cc1c(c2-c2cc(C)cc(C)c2)CCC1. The molecule has 0 aromatic heterocycles. The molecule has 226 valence electrons. The molecule has 0 bridgehead atoms. The summed E-state index contributed by atoms with van der Waals surface area (Å²) in [5.74, 6) is 1.12. The maximum atomic E-state index is 2.63. The third-order valence-corrected chi connectivity index (χ3v) is 12.7. The van der Waals surface area contributed by atoms with Crippen LogP contribution in [0, 0.1) is 27.7 Å². The lowest BCUT2D eigenvalue weighted by molar-refractivity contribution is 0.871. The highest BCUT2D eigenvalue weighted by atomic mass is 28.2. The normalized spacial score (nSPS) is 19.3. The van der Waals surface area contributed by atoms with E-state index in [1.807, 2.05) is 0 Å². The highest BCUT2D eigenvalue weighted by Crippen LogP contribution is 2.50. The fourth-order valence-corrected chi connectivity index (χ4v) is 11.2. The second kappa shape index (κ2) is 11.1. The molecule has 0 heterocycles. The molecule has 0 amide bonds. The molecule has 0 fully saturated rings. The Balaban J connectivity index is 1.10. The Labute approximate surface area is 273 Å². The summed E-state index contributed by atoms with van der Waals surface area (Å²) in [7, 11) is 0.954. The third-order valence-electron chi connectivity index (χ3n) is 11.3. The quantitative estimate of drug-likeness (QED) is 0.193. The first kappa shape index (κ1) is 29.0. The van der Waals surface area contributed by atoms with Gasteiger partial charge in [0.15, 0.2) is 0 Å². The van der Waals surface area contributed by atoms with Gasteiger partial charge < -0.3 is 0 Å². The Morgan fingerprint density at radius 2 is 0.911 bits per heavy atom. The number of rotatable bonds is 6. The van der Waals surface area contributed by atoms with Crippen LogP contribution in [0.15, 0.2) is 59.7 Å². The van der Waals surface area contributed by atoms with Crippen LogP contribution in [0.3, 0.4) is 0 Å². The largest absolute Gasteiger partial charge is 0.0655 e. The van der Waals surface area contributed by atoms with Crippen molar-refractivity contribution in [3.05, 3.63) is 126 Å². The number of allylic oxidation sites excluding steroid dienone is 2. The second-order valence-corrected chi connectivity index (χ2v) is 16.1. The van der Waals surface area contributed by atoms with E-state index in [1.54, 1.807) is 55.7 Å². The Hall–Kier alpha value is -3.42. The fraction of sp³-hybridized carbons (Fsp3) is 0.364. The van der Waals surface area contributed by atoms with E-state index >= 15 is 0 Å². The number of hydrogen-bond donors (Lipinski definition) is 0. The summed E-state index contributed by atoms with van der Waals surface area (Å²) < 4.78 is 0. The summed E-state index contributed by atoms with van der Waals surface area (Å²) in [6.07, 6.45) is 12.7. The first-order valence-electron chi connectivity index (χ1n) is 17.4. The third kappa shape index (κ3) is 4.94. The van der Waals surface area contributed by atoms with Gasteiger partial charge in [0.05, 0.1) is 0 Å². The number of hydrogen-bond acceptors (Lipinski definition) is 0. The van der Waals surface area contributed by atoms with Crippen LogP contribution in [-0.2, 0) is 25.7 Å². The predicted molar refractivity (Wildman–Crippen MR) is 195 cm³/mol. The van der Waals surface area contributed by atoms with E-state index in [1.165, 1.54) is 95.1 Å². The minimum Gasteiger partial charge on any atom is -0.0655 e. The zero-order valence-corrected chi connectivity index (χ0v) is 29.1. The van der Waals surface area contributed by atoms with E-state index in [4.69, 9.17) is 0 Å². The Kier molecular flexibility index (Phi) is 7.17. The van der Waals surface area contributed by atoms with E-state index in [2.05, 4.69) is 102 Å². The van der Waals surface area contributed by atoms with Crippen LogP contribution in [0.5, 0.6) is 0 Å². The summed E-state index contributed by atoms with van der Waals surface area (Å²) in [6, 6.07) is 22.1. The molecule has 0 nitrogen and oxygen atoms in total. The van der Waals surface area contributed by atoms with Crippen LogP contribution < -0.4 is 0 Å². The van der Waals surface area contributed by atoms with E-state index in [-0.39, 0.29) is 0 Å². The van der Waals surface area contributed by atoms with Crippen LogP contribution in [0.4, 0.5) is 0 Å². The molecule has 0 spiro atoms. The highest BCUT2D eigenvalue weighted by Gasteiger charge is 2.32. The maximum Gasteiger partial charge on any atom is 0.0397 e. The van der Waals surface area contributed by atoms with Gasteiger partial charge in [0.1, 0.15) is 0 Å². The molecule has 8 rings (SSSR count). The second-order valence-electron chi connectivity index (χ2n) is 14.8. The molecule has 4 aromatic carbocycles. The molecule has 0 aliphatic heterocycles. The van der Waals surface area contributed by atoms with Gasteiger partial charge in [-0.3, -0.25) is 0 Å². The van der Waals surface area contributed by atoms with Crippen molar-refractivity contribution in [1.29, 1.82) is 0 Å². The maximum absolute atomic E-state index is 2.63. The van der Waals surface area contributed by atoms with Crippen molar-refractivity contribution in [3.63, 3.8) is 0 Å². The van der Waals surface area contributed by atoms with Gasteiger partial charge >= 0.3 is 0 Å². The minimum atomic E-state index is 0.560. The molecule has 2 atom stereocenters. The lowest BCUT2D eigenvalue weighted by Gasteiger charge is -2.21. The molecule has 1 heteroatoms. The van der Waals surface area contributed by atoms with E-state index in [0.717, 1.165) is 9.52 Å². The minimum absolute atomic E-state index is 0.560. The Morgan fingerprint density at radius 3 is 1.31 bits per heavy atom. The smallest absolute Gasteiger partial charge is 0.0397 e. The molecular weight excluding hydrogens is 557 g/mol. The zero-order valence-electron chi connectivity index (χ0n) is 28.1. The van der Waals surface area contributed by atoms with Gasteiger partial charge in [0.2, 0.25) is 0 Å². The number of benzene rings is 4. The predicted octanol–water partition coefficient (Wildman–Crippen LogP) is 11.5.